The van der Waals surface area contributed by atoms with Crippen LogP contribution in [0.15, 0.2) is 66.7 Å². The predicted molar refractivity (Wildman–Crippen MR) is 130 cm³/mol. The van der Waals surface area contributed by atoms with Crippen molar-refractivity contribution in [3.63, 3.8) is 0 Å². The van der Waals surface area contributed by atoms with Gasteiger partial charge in [0.05, 0.1) is 23.9 Å². The molecule has 0 radical (unpaired) electrons. The zero-order valence-corrected chi connectivity index (χ0v) is 19.3. The fourth-order valence-electron chi connectivity index (χ4n) is 3.93. The first-order valence-corrected chi connectivity index (χ1v) is 11.2. The van der Waals surface area contributed by atoms with Crippen molar-refractivity contribution < 1.29 is 23.9 Å². The molecule has 1 aliphatic heterocycles. The second-order valence-corrected chi connectivity index (χ2v) is 7.98. The van der Waals surface area contributed by atoms with Gasteiger partial charge >= 0.3 is 0 Å². The highest BCUT2D eigenvalue weighted by atomic mass is 16.5. The molecule has 3 aromatic carbocycles. The maximum absolute atomic E-state index is 13.0. The van der Waals surface area contributed by atoms with Gasteiger partial charge in [-0.25, -0.2) is 4.90 Å². The molecule has 7 nitrogen and oxygen atoms in total. The first-order valence-electron chi connectivity index (χ1n) is 11.2. The van der Waals surface area contributed by atoms with Crippen LogP contribution in [0.3, 0.4) is 0 Å². The lowest BCUT2D eigenvalue weighted by Gasteiger charge is -2.14. The van der Waals surface area contributed by atoms with Crippen molar-refractivity contribution in [3.8, 4) is 17.2 Å². The molecule has 0 fully saturated rings. The molecule has 7 heteroatoms. The van der Waals surface area contributed by atoms with E-state index >= 15 is 0 Å². The number of methoxy groups -OCH3 is 1. The molecule has 1 heterocycles. The van der Waals surface area contributed by atoms with E-state index in [0.29, 0.717) is 34.2 Å². The minimum Gasteiger partial charge on any atom is -0.497 e. The Labute approximate surface area is 198 Å². The van der Waals surface area contributed by atoms with E-state index in [1.165, 1.54) is 0 Å². The van der Waals surface area contributed by atoms with Gasteiger partial charge in [0.1, 0.15) is 17.2 Å². The number of ether oxygens (including phenoxy) is 2. The Hall–Kier alpha value is -4.13. The lowest BCUT2D eigenvalue weighted by Crippen LogP contribution is -2.29. The third-order valence-corrected chi connectivity index (χ3v) is 5.88. The van der Waals surface area contributed by atoms with Crippen LogP contribution in [0.25, 0.3) is 0 Å². The fraction of sp³-hybridized carbons (Fsp3) is 0.222. The van der Waals surface area contributed by atoms with Crippen LogP contribution in [0, 0.1) is 5.92 Å². The molecule has 0 unspecified atom stereocenters. The van der Waals surface area contributed by atoms with E-state index in [4.69, 9.17) is 9.47 Å². The molecule has 0 saturated heterocycles. The zero-order chi connectivity index (χ0) is 24.2. The molecule has 0 atom stereocenters. The topological polar surface area (TPSA) is 84.9 Å². The highest BCUT2D eigenvalue weighted by molar-refractivity contribution is 6.34. The summed E-state index contributed by atoms with van der Waals surface area (Å²) < 4.78 is 11.1. The number of nitrogens with one attached hydrogen (secondary N) is 1. The molecule has 1 N–H and O–H groups in total. The van der Waals surface area contributed by atoms with E-state index < -0.39 is 5.91 Å². The molecule has 3 aromatic rings. The molecule has 0 aliphatic carbocycles. The van der Waals surface area contributed by atoms with Gasteiger partial charge in [0.25, 0.3) is 11.8 Å². The first kappa shape index (κ1) is 23.0. The number of carbonyl (C=O) groups excluding carboxylic acids is 3. The fourth-order valence-corrected chi connectivity index (χ4v) is 3.93. The Morgan fingerprint density at radius 2 is 1.50 bits per heavy atom. The number of benzene rings is 3. The van der Waals surface area contributed by atoms with Crippen molar-refractivity contribution in [3.05, 3.63) is 77.9 Å². The first-order chi connectivity index (χ1) is 16.4. The number of nitrogens with zero attached hydrogens (tertiary/aromatic N) is 1. The molecule has 0 saturated carbocycles. The number of imide groups is 1. The molecule has 3 amide bonds. The van der Waals surface area contributed by atoms with Gasteiger partial charge in [-0.05, 0) is 67.4 Å². The van der Waals surface area contributed by atoms with Crippen LogP contribution >= 0.6 is 0 Å². The summed E-state index contributed by atoms with van der Waals surface area (Å²) >= 11 is 0. The third kappa shape index (κ3) is 4.50. The molecular weight excluding hydrogens is 432 g/mol. The standard InChI is InChI=1S/C27H26N2O5/c1-4-17(5-2)25(30)28-18-7-6-8-21(15-18)34-22-13-14-23-24(16-22)27(32)29(26(23)31)19-9-11-20(33-3)12-10-19/h6-17H,4-5H2,1-3H3,(H,28,30). The van der Waals surface area contributed by atoms with Crippen molar-refractivity contribution in [2.24, 2.45) is 5.92 Å². The van der Waals surface area contributed by atoms with E-state index in [0.717, 1.165) is 17.7 Å². The van der Waals surface area contributed by atoms with Gasteiger partial charge in [0, 0.05) is 17.7 Å². The predicted octanol–water partition coefficient (Wildman–Crippen LogP) is 5.66. The molecule has 1 aliphatic rings. The van der Waals surface area contributed by atoms with E-state index in [2.05, 4.69) is 5.32 Å². The van der Waals surface area contributed by atoms with E-state index in [-0.39, 0.29) is 23.3 Å². The minimum absolute atomic E-state index is 0.0255. The van der Waals surface area contributed by atoms with Crippen molar-refractivity contribution in [1.82, 2.24) is 0 Å². The summed E-state index contributed by atoms with van der Waals surface area (Å²) in [6, 6.07) is 18.6. The van der Waals surface area contributed by atoms with Crippen molar-refractivity contribution in [2.75, 3.05) is 17.3 Å². The van der Waals surface area contributed by atoms with Crippen LogP contribution in [0.5, 0.6) is 17.2 Å². The highest BCUT2D eigenvalue weighted by Crippen LogP contribution is 2.33. The van der Waals surface area contributed by atoms with Crippen molar-refractivity contribution >= 4 is 29.1 Å². The Bertz CT molecular complexity index is 1230. The van der Waals surface area contributed by atoms with Crippen LogP contribution < -0.4 is 19.7 Å². The van der Waals surface area contributed by atoms with Gasteiger partial charge in [0.2, 0.25) is 5.91 Å². The quantitative estimate of drug-likeness (QED) is 0.440. The lowest BCUT2D eigenvalue weighted by atomic mass is 10.0. The van der Waals surface area contributed by atoms with Crippen LogP contribution in [-0.2, 0) is 4.79 Å². The Kier molecular flexibility index (Phi) is 6.63. The molecule has 34 heavy (non-hydrogen) atoms. The average Bonchev–Trinajstić information content (AvgIpc) is 3.09. The van der Waals surface area contributed by atoms with Gasteiger partial charge in [-0.1, -0.05) is 19.9 Å². The summed E-state index contributed by atoms with van der Waals surface area (Å²) in [7, 11) is 1.55. The number of hydrogen-bond acceptors (Lipinski definition) is 5. The normalized spacial score (nSPS) is 12.6. The summed E-state index contributed by atoms with van der Waals surface area (Å²) in [5, 5.41) is 2.92. The maximum Gasteiger partial charge on any atom is 0.266 e. The van der Waals surface area contributed by atoms with Gasteiger partial charge in [-0.15, -0.1) is 0 Å². The van der Waals surface area contributed by atoms with E-state index in [1.807, 2.05) is 13.8 Å². The van der Waals surface area contributed by atoms with E-state index in [9.17, 15) is 14.4 Å². The molecule has 4 rings (SSSR count). The number of rotatable bonds is 8. The Morgan fingerprint density at radius 1 is 0.853 bits per heavy atom. The molecule has 0 spiro atoms. The van der Waals surface area contributed by atoms with E-state index in [1.54, 1.807) is 73.8 Å². The second-order valence-electron chi connectivity index (χ2n) is 7.98. The molecule has 174 valence electrons. The summed E-state index contributed by atoms with van der Waals surface area (Å²) in [5.74, 6) is 0.686. The summed E-state index contributed by atoms with van der Waals surface area (Å²) in [4.78, 5) is 39.4. The molecule has 0 bridgehead atoms. The number of carbonyl (C=O) groups is 3. The third-order valence-electron chi connectivity index (χ3n) is 5.88. The molecular formula is C27H26N2O5. The average molecular weight is 459 g/mol. The maximum atomic E-state index is 13.0. The van der Waals surface area contributed by atoms with Crippen LogP contribution in [0.2, 0.25) is 0 Å². The summed E-state index contributed by atoms with van der Waals surface area (Å²) in [5.41, 5.74) is 1.69. The minimum atomic E-state index is -0.415. The highest BCUT2D eigenvalue weighted by Gasteiger charge is 2.37. The van der Waals surface area contributed by atoms with Crippen molar-refractivity contribution in [1.29, 1.82) is 0 Å². The number of anilines is 2. The van der Waals surface area contributed by atoms with Crippen molar-refractivity contribution in [2.45, 2.75) is 26.7 Å². The number of hydrogen-bond donors (Lipinski definition) is 1. The number of fused-ring (bicyclic) bond motifs is 1. The summed E-state index contributed by atoms with van der Waals surface area (Å²) in [6.45, 7) is 3.98. The Balaban J connectivity index is 1.53. The van der Waals surface area contributed by atoms with Crippen LogP contribution in [-0.4, -0.2) is 24.8 Å². The number of amides is 3. The van der Waals surface area contributed by atoms with Crippen LogP contribution in [0.1, 0.15) is 47.4 Å². The second kappa shape index (κ2) is 9.79. The largest absolute Gasteiger partial charge is 0.497 e. The van der Waals surface area contributed by atoms with Gasteiger partial charge < -0.3 is 14.8 Å². The smallest absolute Gasteiger partial charge is 0.266 e. The van der Waals surface area contributed by atoms with Crippen LogP contribution in [0.4, 0.5) is 11.4 Å². The molecule has 0 aromatic heterocycles. The van der Waals surface area contributed by atoms with Gasteiger partial charge in [0.15, 0.2) is 0 Å². The summed E-state index contributed by atoms with van der Waals surface area (Å²) in [6.07, 6.45) is 1.54. The zero-order valence-electron chi connectivity index (χ0n) is 19.3. The van der Waals surface area contributed by atoms with Gasteiger partial charge in [-0.2, -0.15) is 0 Å². The monoisotopic (exact) mass is 458 g/mol. The SMILES string of the molecule is CCC(CC)C(=O)Nc1cccc(Oc2ccc3c(c2)C(=O)N(c2ccc(OC)cc2)C3=O)c1. The lowest BCUT2D eigenvalue weighted by molar-refractivity contribution is -0.120. The Morgan fingerprint density at radius 3 is 2.18 bits per heavy atom. The van der Waals surface area contributed by atoms with Gasteiger partial charge in [-0.3, -0.25) is 14.4 Å².